The SMILES string of the molecule is C[C@H](C(=O)NCCN(C)C)N1C(=O)CS[C@H]1c1ccc(C(F)(F)F)cc1. The van der Waals surface area contributed by atoms with Gasteiger partial charge in [-0.05, 0) is 38.7 Å². The molecule has 1 aromatic rings. The van der Waals surface area contributed by atoms with Gasteiger partial charge in [0.2, 0.25) is 11.8 Å². The van der Waals surface area contributed by atoms with Crippen LogP contribution < -0.4 is 5.32 Å². The predicted octanol–water partition coefficient (Wildman–Crippen LogP) is 2.35. The Kier molecular flexibility index (Phi) is 6.57. The maximum absolute atomic E-state index is 12.7. The van der Waals surface area contributed by atoms with Gasteiger partial charge in [0.25, 0.3) is 0 Å². The molecule has 144 valence electrons. The van der Waals surface area contributed by atoms with Gasteiger partial charge in [-0.3, -0.25) is 9.59 Å². The first-order chi connectivity index (χ1) is 12.1. The fourth-order valence-corrected chi connectivity index (χ4v) is 3.89. The third-order valence-corrected chi connectivity index (χ3v) is 5.31. The van der Waals surface area contributed by atoms with E-state index in [2.05, 4.69) is 5.32 Å². The molecule has 2 atom stereocenters. The first-order valence-corrected chi connectivity index (χ1v) is 9.18. The van der Waals surface area contributed by atoms with Crippen molar-refractivity contribution in [1.29, 1.82) is 0 Å². The van der Waals surface area contributed by atoms with E-state index in [4.69, 9.17) is 0 Å². The van der Waals surface area contributed by atoms with E-state index in [-0.39, 0.29) is 17.6 Å². The van der Waals surface area contributed by atoms with E-state index in [0.29, 0.717) is 18.7 Å². The Morgan fingerprint density at radius 3 is 2.50 bits per heavy atom. The van der Waals surface area contributed by atoms with E-state index in [9.17, 15) is 22.8 Å². The summed E-state index contributed by atoms with van der Waals surface area (Å²) in [6.45, 7) is 2.76. The number of rotatable bonds is 6. The second-order valence-corrected chi connectivity index (χ2v) is 7.42. The lowest BCUT2D eigenvalue weighted by atomic mass is 10.1. The summed E-state index contributed by atoms with van der Waals surface area (Å²) in [4.78, 5) is 28.0. The highest BCUT2D eigenvalue weighted by Gasteiger charge is 2.39. The quantitative estimate of drug-likeness (QED) is 0.812. The van der Waals surface area contributed by atoms with E-state index in [0.717, 1.165) is 12.1 Å². The Morgan fingerprint density at radius 2 is 1.96 bits per heavy atom. The first kappa shape index (κ1) is 20.6. The van der Waals surface area contributed by atoms with Crippen LogP contribution in [0.3, 0.4) is 0 Å². The second kappa shape index (κ2) is 8.30. The molecule has 0 saturated carbocycles. The summed E-state index contributed by atoms with van der Waals surface area (Å²) in [5.41, 5.74) is -0.168. The zero-order valence-corrected chi connectivity index (χ0v) is 15.7. The lowest BCUT2D eigenvalue weighted by molar-refractivity contribution is -0.138. The molecule has 5 nitrogen and oxygen atoms in total. The maximum Gasteiger partial charge on any atom is 0.416 e. The monoisotopic (exact) mass is 389 g/mol. The molecule has 0 spiro atoms. The zero-order chi connectivity index (χ0) is 19.5. The van der Waals surface area contributed by atoms with Gasteiger partial charge in [-0.15, -0.1) is 11.8 Å². The number of hydrogen-bond donors (Lipinski definition) is 1. The summed E-state index contributed by atoms with van der Waals surface area (Å²) in [6.07, 6.45) is -4.41. The van der Waals surface area contributed by atoms with E-state index in [1.54, 1.807) is 6.92 Å². The third kappa shape index (κ3) is 4.91. The van der Waals surface area contributed by atoms with Crippen LogP contribution in [0.4, 0.5) is 13.2 Å². The van der Waals surface area contributed by atoms with Crippen LogP contribution in [-0.4, -0.2) is 60.6 Å². The van der Waals surface area contributed by atoms with Gasteiger partial charge in [0.15, 0.2) is 0 Å². The van der Waals surface area contributed by atoms with Gasteiger partial charge < -0.3 is 15.1 Å². The molecule has 0 radical (unpaired) electrons. The van der Waals surface area contributed by atoms with Gasteiger partial charge in [-0.1, -0.05) is 12.1 Å². The first-order valence-electron chi connectivity index (χ1n) is 8.13. The highest BCUT2D eigenvalue weighted by Crippen LogP contribution is 2.41. The number of carbonyl (C=O) groups is 2. The highest BCUT2D eigenvalue weighted by molar-refractivity contribution is 8.00. The Balaban J connectivity index is 2.11. The van der Waals surface area contributed by atoms with Gasteiger partial charge in [0.1, 0.15) is 11.4 Å². The van der Waals surface area contributed by atoms with Gasteiger partial charge in [0.05, 0.1) is 11.3 Å². The van der Waals surface area contributed by atoms with Gasteiger partial charge >= 0.3 is 6.18 Å². The Hall–Kier alpha value is -1.74. The van der Waals surface area contributed by atoms with Gasteiger partial charge in [0, 0.05) is 13.1 Å². The van der Waals surface area contributed by atoms with Crippen molar-refractivity contribution in [3.8, 4) is 0 Å². The fraction of sp³-hybridized carbons (Fsp3) is 0.529. The number of carbonyl (C=O) groups excluding carboxylic acids is 2. The summed E-state index contributed by atoms with van der Waals surface area (Å²) < 4.78 is 38.2. The molecule has 1 fully saturated rings. The minimum atomic E-state index is -4.41. The Labute approximate surface area is 154 Å². The van der Waals surface area contributed by atoms with Crippen molar-refractivity contribution < 1.29 is 22.8 Å². The molecule has 1 aliphatic heterocycles. The van der Waals surface area contributed by atoms with E-state index < -0.39 is 23.2 Å². The minimum Gasteiger partial charge on any atom is -0.353 e. The third-order valence-electron chi connectivity index (χ3n) is 4.08. The summed E-state index contributed by atoms with van der Waals surface area (Å²) in [5, 5.41) is 2.31. The minimum absolute atomic E-state index is 0.195. The molecule has 1 aliphatic rings. The van der Waals surface area contributed by atoms with E-state index in [1.165, 1.54) is 28.8 Å². The van der Waals surface area contributed by atoms with Crippen molar-refractivity contribution in [2.45, 2.75) is 24.5 Å². The fourth-order valence-electron chi connectivity index (χ4n) is 2.63. The van der Waals surface area contributed by atoms with Crippen molar-refractivity contribution in [2.75, 3.05) is 32.9 Å². The van der Waals surface area contributed by atoms with Crippen molar-refractivity contribution >= 4 is 23.6 Å². The number of amides is 2. The lowest BCUT2D eigenvalue weighted by Crippen LogP contribution is -2.47. The number of benzene rings is 1. The predicted molar refractivity (Wildman–Crippen MR) is 94.5 cm³/mol. The molecule has 0 bridgehead atoms. The van der Waals surface area contributed by atoms with Gasteiger partial charge in [-0.2, -0.15) is 13.2 Å². The number of alkyl halides is 3. The molecule has 1 saturated heterocycles. The topological polar surface area (TPSA) is 52.7 Å². The number of nitrogens with one attached hydrogen (secondary N) is 1. The molecule has 1 heterocycles. The normalized spacial score (nSPS) is 19.1. The largest absolute Gasteiger partial charge is 0.416 e. The summed E-state index contributed by atoms with van der Waals surface area (Å²) in [5.74, 6) is -0.282. The standard InChI is InChI=1S/C17H22F3N3O2S/c1-11(15(25)21-8-9-22(2)3)23-14(24)10-26-16(23)12-4-6-13(7-5-12)17(18,19)20/h4-7,11,16H,8-10H2,1-3H3,(H,21,25)/t11-,16+/m1/s1. The smallest absolute Gasteiger partial charge is 0.353 e. The van der Waals surface area contributed by atoms with E-state index in [1.807, 2.05) is 19.0 Å². The van der Waals surface area contributed by atoms with Crippen LogP contribution in [0.2, 0.25) is 0 Å². The molecule has 9 heteroatoms. The Bertz CT molecular complexity index is 650. The molecule has 0 aliphatic carbocycles. The maximum atomic E-state index is 12.7. The summed E-state index contributed by atoms with van der Waals surface area (Å²) in [7, 11) is 3.77. The van der Waals surface area contributed by atoms with Crippen molar-refractivity contribution in [3.63, 3.8) is 0 Å². The average Bonchev–Trinajstić information content (AvgIpc) is 2.94. The van der Waals surface area contributed by atoms with Gasteiger partial charge in [-0.25, -0.2) is 0 Å². The van der Waals surface area contributed by atoms with Crippen LogP contribution >= 0.6 is 11.8 Å². The van der Waals surface area contributed by atoms with Crippen LogP contribution in [-0.2, 0) is 15.8 Å². The molecule has 0 unspecified atom stereocenters. The molecule has 1 N–H and O–H groups in total. The molecule has 1 aromatic carbocycles. The van der Waals surface area contributed by atoms with Crippen molar-refractivity contribution in [3.05, 3.63) is 35.4 Å². The Morgan fingerprint density at radius 1 is 1.35 bits per heavy atom. The zero-order valence-electron chi connectivity index (χ0n) is 14.8. The molecule has 26 heavy (non-hydrogen) atoms. The second-order valence-electron chi connectivity index (χ2n) is 6.35. The van der Waals surface area contributed by atoms with Crippen LogP contribution in [0.5, 0.6) is 0 Å². The van der Waals surface area contributed by atoms with Crippen LogP contribution in [0.25, 0.3) is 0 Å². The summed E-state index contributed by atoms with van der Waals surface area (Å²) in [6, 6.07) is 4.02. The van der Waals surface area contributed by atoms with Crippen molar-refractivity contribution in [1.82, 2.24) is 15.1 Å². The molecule has 0 aromatic heterocycles. The summed E-state index contributed by atoms with van der Waals surface area (Å²) >= 11 is 1.31. The van der Waals surface area contributed by atoms with Crippen molar-refractivity contribution in [2.24, 2.45) is 0 Å². The van der Waals surface area contributed by atoms with Crippen LogP contribution in [0.15, 0.2) is 24.3 Å². The highest BCUT2D eigenvalue weighted by atomic mass is 32.2. The van der Waals surface area contributed by atoms with Crippen LogP contribution in [0.1, 0.15) is 23.4 Å². The number of likely N-dealkylation sites (N-methyl/N-ethyl adjacent to an activating group) is 1. The molecule has 2 rings (SSSR count). The van der Waals surface area contributed by atoms with E-state index >= 15 is 0 Å². The average molecular weight is 389 g/mol. The molecule has 2 amide bonds. The molecular formula is C17H22F3N3O2S. The number of hydrogen-bond acceptors (Lipinski definition) is 4. The lowest BCUT2D eigenvalue weighted by Gasteiger charge is -2.30. The number of halogens is 3. The van der Waals surface area contributed by atoms with Crippen LogP contribution in [0, 0.1) is 0 Å². The number of thioether (sulfide) groups is 1. The molecular weight excluding hydrogens is 367 g/mol. The number of nitrogens with zero attached hydrogens (tertiary/aromatic N) is 2.